The summed E-state index contributed by atoms with van der Waals surface area (Å²) in [6.45, 7) is 12.4. The average Bonchev–Trinajstić information content (AvgIpc) is 2.74. The summed E-state index contributed by atoms with van der Waals surface area (Å²) in [6, 6.07) is 3.93. The molecule has 0 bridgehead atoms. The van der Waals surface area contributed by atoms with Crippen LogP contribution in [-0.4, -0.2) is 24.6 Å². The van der Waals surface area contributed by atoms with Crippen LogP contribution in [0.1, 0.15) is 91.1 Å². The molecule has 1 fully saturated rings. The summed E-state index contributed by atoms with van der Waals surface area (Å²) in [5, 5.41) is 0. The van der Waals surface area contributed by atoms with Crippen LogP contribution in [0.15, 0.2) is 36.9 Å². The number of fused-ring (bicyclic) bond motifs is 1. The van der Waals surface area contributed by atoms with E-state index in [0.29, 0.717) is 24.0 Å². The van der Waals surface area contributed by atoms with Gasteiger partial charge in [-0.3, -0.25) is 14.4 Å². The maximum atomic E-state index is 12.8. The van der Waals surface area contributed by atoms with Crippen LogP contribution in [0, 0.1) is 16.7 Å². The zero-order valence-electron chi connectivity index (χ0n) is 19.4. The van der Waals surface area contributed by atoms with Gasteiger partial charge in [-0.25, -0.2) is 0 Å². The van der Waals surface area contributed by atoms with Crippen molar-refractivity contribution >= 4 is 17.5 Å². The number of allylic oxidation sites excluding steroid dienone is 3. The minimum absolute atomic E-state index is 0.0296. The fraction of sp³-hybridized carbons (Fsp3) is 0.519. The number of rotatable bonds is 6. The molecule has 4 heteroatoms. The predicted octanol–water partition coefficient (Wildman–Crippen LogP) is 5.85. The van der Waals surface area contributed by atoms with Gasteiger partial charge in [0.05, 0.1) is 12.5 Å². The monoisotopic (exact) mass is 422 g/mol. The number of ketones is 2. The maximum absolute atomic E-state index is 12.8. The van der Waals surface area contributed by atoms with Gasteiger partial charge in [0.25, 0.3) is 0 Å². The quantitative estimate of drug-likeness (QED) is 0.426. The van der Waals surface area contributed by atoms with Gasteiger partial charge in [-0.1, -0.05) is 39.3 Å². The first-order valence-electron chi connectivity index (χ1n) is 11.2. The predicted molar refractivity (Wildman–Crippen MR) is 122 cm³/mol. The first kappa shape index (κ1) is 23.2. The fourth-order valence-electron chi connectivity index (χ4n) is 5.65. The Morgan fingerprint density at radius 3 is 2.48 bits per heavy atom. The molecule has 1 saturated carbocycles. The Kier molecular flexibility index (Phi) is 6.40. The van der Waals surface area contributed by atoms with Crippen LogP contribution in [0.4, 0.5) is 0 Å². The molecule has 166 valence electrons. The molecule has 0 N–H and O–H groups in total. The largest absolute Gasteiger partial charge is 0.469 e. The van der Waals surface area contributed by atoms with E-state index < -0.39 is 5.41 Å². The van der Waals surface area contributed by atoms with E-state index in [1.165, 1.54) is 19.3 Å². The maximum Gasteiger partial charge on any atom is 0.311 e. The summed E-state index contributed by atoms with van der Waals surface area (Å²) in [5.74, 6) is -0.150. The number of methoxy groups -OCH3 is 1. The molecule has 3 rings (SSSR count). The molecule has 0 aliphatic heterocycles. The molecule has 0 radical (unpaired) electrons. The normalized spacial score (nSPS) is 27.9. The van der Waals surface area contributed by atoms with Crippen LogP contribution < -0.4 is 0 Å². The molecule has 4 nitrogen and oxygen atoms in total. The molecule has 0 saturated heterocycles. The van der Waals surface area contributed by atoms with Crippen molar-refractivity contribution in [2.45, 2.75) is 65.7 Å². The van der Waals surface area contributed by atoms with Crippen LogP contribution >= 0.6 is 0 Å². The summed E-state index contributed by atoms with van der Waals surface area (Å²) in [5.41, 5.74) is 2.17. The number of hydrogen-bond acceptors (Lipinski definition) is 4. The van der Waals surface area contributed by atoms with Gasteiger partial charge >= 0.3 is 5.97 Å². The zero-order valence-corrected chi connectivity index (χ0v) is 19.4. The lowest BCUT2D eigenvalue weighted by molar-refractivity contribution is -0.162. The molecular weight excluding hydrogens is 388 g/mol. The van der Waals surface area contributed by atoms with Crippen molar-refractivity contribution in [2.75, 3.05) is 7.11 Å². The summed E-state index contributed by atoms with van der Waals surface area (Å²) in [6.07, 6.45) is 8.74. The molecule has 1 aromatic carbocycles. The smallest absolute Gasteiger partial charge is 0.311 e. The van der Waals surface area contributed by atoms with Crippen LogP contribution in [0.2, 0.25) is 0 Å². The molecule has 31 heavy (non-hydrogen) atoms. The Balaban J connectivity index is 2.04. The van der Waals surface area contributed by atoms with Gasteiger partial charge in [0.1, 0.15) is 0 Å². The van der Waals surface area contributed by atoms with Gasteiger partial charge in [-0.2, -0.15) is 0 Å². The summed E-state index contributed by atoms with van der Waals surface area (Å²) in [7, 11) is 1.45. The first-order valence-corrected chi connectivity index (χ1v) is 11.2. The minimum atomic E-state index is -0.606. The number of carbonyl (C=O) groups excluding carboxylic acids is 3. The van der Waals surface area contributed by atoms with Gasteiger partial charge < -0.3 is 4.74 Å². The Morgan fingerprint density at radius 2 is 1.87 bits per heavy atom. The van der Waals surface area contributed by atoms with E-state index in [0.717, 1.165) is 30.4 Å². The third-order valence-electron chi connectivity index (χ3n) is 7.60. The van der Waals surface area contributed by atoms with E-state index in [1.54, 1.807) is 0 Å². The van der Waals surface area contributed by atoms with Crippen molar-refractivity contribution in [1.82, 2.24) is 0 Å². The molecule has 2 aliphatic carbocycles. The first-order chi connectivity index (χ1) is 14.6. The molecule has 2 aliphatic rings. The van der Waals surface area contributed by atoms with Crippen molar-refractivity contribution in [2.24, 2.45) is 16.7 Å². The molecule has 1 unspecified atom stereocenters. The standard InChI is InChI=1S/C27H34O4/c1-7-26(4)13-8-14-27(5,25(30)31-6)23(26)12-9-18-15-19(17(2)3)16-20-21(28)10-11-22(29)24(18)20/h7,10-11,15-17,23H,1,8-9,12-14H2,2-6H3/t23?,26-,27+/m0/s1. The Bertz CT molecular complexity index is 954. The molecular formula is C27H34O4. The summed E-state index contributed by atoms with van der Waals surface area (Å²) >= 11 is 0. The molecule has 0 aromatic heterocycles. The highest BCUT2D eigenvalue weighted by Gasteiger charge is 2.52. The van der Waals surface area contributed by atoms with Crippen LogP contribution in [-0.2, 0) is 16.0 Å². The Hall–Kier alpha value is -2.49. The number of benzene rings is 1. The Labute approximate surface area is 185 Å². The van der Waals surface area contributed by atoms with E-state index in [2.05, 4.69) is 33.4 Å². The second-order valence-electron chi connectivity index (χ2n) is 9.88. The Morgan fingerprint density at radius 1 is 1.19 bits per heavy atom. The molecule has 0 spiro atoms. The second-order valence-corrected chi connectivity index (χ2v) is 9.88. The fourth-order valence-corrected chi connectivity index (χ4v) is 5.65. The number of ether oxygens (including phenoxy) is 1. The van der Waals surface area contributed by atoms with Crippen molar-refractivity contribution < 1.29 is 19.1 Å². The lowest BCUT2D eigenvalue weighted by atomic mass is 9.54. The van der Waals surface area contributed by atoms with Crippen LogP contribution in [0.5, 0.6) is 0 Å². The van der Waals surface area contributed by atoms with E-state index in [9.17, 15) is 14.4 Å². The van der Waals surface area contributed by atoms with Gasteiger partial charge in [0.2, 0.25) is 0 Å². The van der Waals surface area contributed by atoms with Crippen molar-refractivity contribution in [3.63, 3.8) is 0 Å². The third-order valence-corrected chi connectivity index (χ3v) is 7.60. The van der Waals surface area contributed by atoms with Crippen molar-refractivity contribution in [1.29, 1.82) is 0 Å². The number of esters is 1. The van der Waals surface area contributed by atoms with Gasteiger partial charge in [0, 0.05) is 11.1 Å². The molecule has 0 heterocycles. The van der Waals surface area contributed by atoms with Crippen molar-refractivity contribution in [3.05, 3.63) is 59.2 Å². The molecule has 0 amide bonds. The highest BCUT2D eigenvalue weighted by molar-refractivity contribution is 6.22. The number of carbonyl (C=O) groups is 3. The van der Waals surface area contributed by atoms with Gasteiger partial charge in [0.15, 0.2) is 11.6 Å². The van der Waals surface area contributed by atoms with Crippen LogP contribution in [0.3, 0.4) is 0 Å². The van der Waals surface area contributed by atoms with E-state index in [4.69, 9.17) is 4.74 Å². The third kappa shape index (κ3) is 4.05. The number of hydrogen-bond donors (Lipinski definition) is 0. The summed E-state index contributed by atoms with van der Waals surface area (Å²) in [4.78, 5) is 38.1. The molecule has 1 aromatic rings. The van der Waals surface area contributed by atoms with Crippen molar-refractivity contribution in [3.8, 4) is 0 Å². The lowest BCUT2D eigenvalue weighted by Gasteiger charge is -2.49. The average molecular weight is 423 g/mol. The second kappa shape index (κ2) is 8.57. The van der Waals surface area contributed by atoms with E-state index in [-0.39, 0.29) is 34.8 Å². The highest BCUT2D eigenvalue weighted by atomic mass is 16.5. The van der Waals surface area contributed by atoms with E-state index in [1.807, 2.05) is 19.1 Å². The number of aryl methyl sites for hydroxylation is 1. The zero-order chi connectivity index (χ0) is 23.0. The van der Waals surface area contributed by atoms with Gasteiger partial charge in [-0.05, 0) is 79.2 Å². The topological polar surface area (TPSA) is 60.4 Å². The summed E-state index contributed by atoms with van der Waals surface area (Å²) < 4.78 is 5.20. The lowest BCUT2D eigenvalue weighted by Crippen LogP contribution is -2.48. The SMILES string of the molecule is C=C[C@@]1(C)CCC[C@@](C)(C(=O)OC)C1CCc1cc(C(C)C)cc2c1C(=O)C=CC2=O. The van der Waals surface area contributed by atoms with E-state index >= 15 is 0 Å². The van der Waals surface area contributed by atoms with Gasteiger partial charge in [-0.15, -0.1) is 6.58 Å². The highest BCUT2D eigenvalue weighted by Crippen LogP contribution is 2.54. The minimum Gasteiger partial charge on any atom is -0.469 e. The van der Waals surface area contributed by atoms with Crippen LogP contribution in [0.25, 0.3) is 0 Å². The molecule has 3 atom stereocenters.